The van der Waals surface area contributed by atoms with E-state index in [0.29, 0.717) is 5.56 Å². The van der Waals surface area contributed by atoms with Crippen molar-refractivity contribution in [3.05, 3.63) is 71.3 Å². The van der Waals surface area contributed by atoms with Gasteiger partial charge in [-0.2, -0.15) is 13.2 Å². The lowest BCUT2D eigenvalue weighted by molar-refractivity contribution is -0.138. The number of nitrogens with two attached hydrogens (primary N) is 1. The molecular formula is C21H22F3N3O5. The number of hydrogen-bond donors (Lipinski definition) is 4. The van der Waals surface area contributed by atoms with Crippen LogP contribution in [0.1, 0.15) is 16.7 Å². The fraction of sp³-hybridized carbons (Fsp3) is 0.286. The van der Waals surface area contributed by atoms with E-state index >= 15 is 0 Å². The van der Waals surface area contributed by atoms with Crippen LogP contribution in [0.2, 0.25) is 0 Å². The maximum absolute atomic E-state index is 13.2. The van der Waals surface area contributed by atoms with E-state index in [1.54, 1.807) is 30.3 Å². The minimum Gasteiger partial charge on any atom is -0.445 e. The molecule has 3 amide bonds. The van der Waals surface area contributed by atoms with Gasteiger partial charge in [0.2, 0.25) is 11.8 Å². The highest BCUT2D eigenvalue weighted by Crippen LogP contribution is 2.32. The maximum Gasteiger partial charge on any atom is 0.416 e. The summed E-state index contributed by atoms with van der Waals surface area (Å²) in [6, 6.07) is 10.2. The first-order valence-corrected chi connectivity index (χ1v) is 9.44. The lowest BCUT2D eigenvalue weighted by Crippen LogP contribution is -2.55. The molecule has 0 aliphatic heterocycles. The Kier molecular flexibility index (Phi) is 8.59. The van der Waals surface area contributed by atoms with Crippen LogP contribution in [-0.2, 0) is 33.5 Å². The van der Waals surface area contributed by atoms with Gasteiger partial charge in [-0.15, -0.1) is 0 Å². The van der Waals surface area contributed by atoms with Gasteiger partial charge in [0.25, 0.3) is 0 Å². The van der Waals surface area contributed by atoms with Crippen molar-refractivity contribution in [3.8, 4) is 0 Å². The van der Waals surface area contributed by atoms with Gasteiger partial charge in [0.1, 0.15) is 18.7 Å². The van der Waals surface area contributed by atoms with E-state index in [2.05, 4.69) is 10.6 Å². The molecule has 8 nitrogen and oxygen atoms in total. The maximum atomic E-state index is 13.2. The third kappa shape index (κ3) is 7.27. The molecule has 2 aromatic carbocycles. The Morgan fingerprint density at radius 2 is 1.59 bits per heavy atom. The summed E-state index contributed by atoms with van der Waals surface area (Å²) >= 11 is 0. The molecule has 0 bridgehead atoms. The number of alkyl halides is 3. The monoisotopic (exact) mass is 453 g/mol. The number of alkyl carbamates (subject to hydrolysis) is 1. The normalized spacial score (nSPS) is 13.0. The lowest BCUT2D eigenvalue weighted by atomic mass is 9.99. The second kappa shape index (κ2) is 11.1. The van der Waals surface area contributed by atoms with Crippen LogP contribution >= 0.6 is 0 Å². The Morgan fingerprint density at radius 3 is 2.19 bits per heavy atom. The highest BCUT2D eigenvalue weighted by atomic mass is 19.4. The molecular weight excluding hydrogens is 431 g/mol. The van der Waals surface area contributed by atoms with Crippen molar-refractivity contribution in [1.82, 2.24) is 10.6 Å². The number of primary amides is 1. The van der Waals surface area contributed by atoms with E-state index in [1.165, 1.54) is 12.1 Å². The van der Waals surface area contributed by atoms with Crippen molar-refractivity contribution in [2.24, 2.45) is 5.73 Å². The van der Waals surface area contributed by atoms with Crippen LogP contribution in [-0.4, -0.2) is 41.7 Å². The van der Waals surface area contributed by atoms with Crippen molar-refractivity contribution in [3.63, 3.8) is 0 Å². The highest BCUT2D eigenvalue weighted by molar-refractivity contribution is 5.91. The zero-order chi connectivity index (χ0) is 23.7. The first kappa shape index (κ1) is 24.7. The van der Waals surface area contributed by atoms with Crippen LogP contribution in [0.5, 0.6) is 0 Å². The smallest absolute Gasteiger partial charge is 0.416 e. The molecule has 0 saturated carbocycles. The first-order chi connectivity index (χ1) is 15.1. The van der Waals surface area contributed by atoms with E-state index in [-0.39, 0.29) is 12.2 Å². The molecule has 0 radical (unpaired) electrons. The van der Waals surface area contributed by atoms with Gasteiger partial charge in [0, 0.05) is 6.42 Å². The fourth-order valence-electron chi connectivity index (χ4n) is 2.79. The van der Waals surface area contributed by atoms with E-state index in [1.807, 2.05) is 0 Å². The molecule has 0 heterocycles. The zero-order valence-corrected chi connectivity index (χ0v) is 16.8. The van der Waals surface area contributed by atoms with Crippen molar-refractivity contribution >= 4 is 17.9 Å². The topological polar surface area (TPSA) is 131 Å². The zero-order valence-electron chi connectivity index (χ0n) is 16.8. The number of aliphatic hydroxyl groups is 1. The van der Waals surface area contributed by atoms with Gasteiger partial charge in [-0.25, -0.2) is 4.79 Å². The largest absolute Gasteiger partial charge is 0.445 e. The number of hydrogen-bond acceptors (Lipinski definition) is 5. The average molecular weight is 453 g/mol. The molecule has 2 aromatic rings. The van der Waals surface area contributed by atoms with E-state index in [9.17, 15) is 32.7 Å². The van der Waals surface area contributed by atoms with Gasteiger partial charge in [0.15, 0.2) is 0 Å². The van der Waals surface area contributed by atoms with Crippen molar-refractivity contribution in [2.75, 3.05) is 6.61 Å². The summed E-state index contributed by atoms with van der Waals surface area (Å²) in [5.74, 6) is -2.10. The number of ether oxygens (including phenoxy) is 1. The standard InChI is InChI=1S/C21H22F3N3O5/c22-21(23,24)15-9-5-4-8-14(15)10-16(18(25)29)26-19(30)17(11-28)27-20(31)32-12-13-6-2-1-3-7-13/h1-9,16-17,28H,10-12H2,(H2,25,29)(H,26,30)(H,27,31)/t16-,17-/m0/s1. The number of carbonyl (C=O) groups is 3. The summed E-state index contributed by atoms with van der Waals surface area (Å²) in [5, 5.41) is 13.7. The second-order valence-corrected chi connectivity index (χ2v) is 6.76. The third-order valence-corrected chi connectivity index (χ3v) is 4.41. The van der Waals surface area contributed by atoms with Gasteiger partial charge >= 0.3 is 12.3 Å². The second-order valence-electron chi connectivity index (χ2n) is 6.76. The van der Waals surface area contributed by atoms with Gasteiger partial charge in [0.05, 0.1) is 12.2 Å². The number of rotatable bonds is 9. The number of amides is 3. The Morgan fingerprint density at radius 1 is 0.969 bits per heavy atom. The van der Waals surface area contributed by atoms with Gasteiger partial charge in [-0.05, 0) is 17.2 Å². The molecule has 0 aliphatic carbocycles. The van der Waals surface area contributed by atoms with Crippen LogP contribution in [0.15, 0.2) is 54.6 Å². The Hall–Kier alpha value is -3.60. The average Bonchev–Trinajstić information content (AvgIpc) is 2.75. The van der Waals surface area contributed by atoms with E-state index in [0.717, 1.165) is 12.1 Å². The number of aliphatic hydroxyl groups excluding tert-OH is 1. The number of carbonyl (C=O) groups excluding carboxylic acids is 3. The molecule has 0 fully saturated rings. The van der Waals surface area contributed by atoms with E-state index in [4.69, 9.17) is 10.5 Å². The fourth-order valence-corrected chi connectivity index (χ4v) is 2.79. The Labute approximate surface area is 181 Å². The van der Waals surface area contributed by atoms with Gasteiger partial charge in [-0.1, -0.05) is 48.5 Å². The summed E-state index contributed by atoms with van der Waals surface area (Å²) in [4.78, 5) is 36.1. The first-order valence-electron chi connectivity index (χ1n) is 9.44. The minimum absolute atomic E-state index is 0.0927. The number of nitrogens with one attached hydrogen (secondary N) is 2. The van der Waals surface area contributed by atoms with Crippen LogP contribution in [0.3, 0.4) is 0 Å². The summed E-state index contributed by atoms with van der Waals surface area (Å²) < 4.78 is 44.5. The molecule has 172 valence electrons. The quantitative estimate of drug-likeness (QED) is 0.457. The molecule has 11 heteroatoms. The summed E-state index contributed by atoms with van der Waals surface area (Å²) in [6.45, 7) is -0.943. The lowest BCUT2D eigenvalue weighted by Gasteiger charge is -2.22. The van der Waals surface area contributed by atoms with Crippen molar-refractivity contribution < 1.29 is 37.4 Å². The number of halogens is 3. The minimum atomic E-state index is -4.67. The molecule has 0 aromatic heterocycles. The van der Waals surface area contributed by atoms with Crippen LogP contribution in [0.4, 0.5) is 18.0 Å². The van der Waals surface area contributed by atoms with E-state index < -0.39 is 54.8 Å². The summed E-state index contributed by atoms with van der Waals surface area (Å²) in [6.07, 6.45) is -6.21. The molecule has 0 spiro atoms. The summed E-state index contributed by atoms with van der Waals surface area (Å²) in [7, 11) is 0. The molecule has 2 rings (SSSR count). The van der Waals surface area contributed by atoms with Crippen LogP contribution < -0.4 is 16.4 Å². The van der Waals surface area contributed by atoms with Crippen LogP contribution in [0, 0.1) is 0 Å². The molecule has 32 heavy (non-hydrogen) atoms. The van der Waals surface area contributed by atoms with Crippen LogP contribution in [0.25, 0.3) is 0 Å². The molecule has 0 unspecified atom stereocenters. The predicted octanol–water partition coefficient (Wildman–Crippen LogP) is 1.51. The SMILES string of the molecule is NC(=O)[C@H](Cc1ccccc1C(F)(F)F)NC(=O)[C@H](CO)NC(=O)OCc1ccccc1. The van der Waals surface area contributed by atoms with Crippen molar-refractivity contribution in [1.29, 1.82) is 0 Å². The third-order valence-electron chi connectivity index (χ3n) is 4.41. The molecule has 0 aliphatic rings. The van der Waals surface area contributed by atoms with Gasteiger partial charge < -0.3 is 26.2 Å². The molecule has 0 saturated heterocycles. The predicted molar refractivity (Wildman–Crippen MR) is 107 cm³/mol. The molecule has 2 atom stereocenters. The summed E-state index contributed by atoms with van der Waals surface area (Å²) in [5.41, 5.74) is 4.70. The Balaban J connectivity index is 2.01. The number of benzene rings is 2. The molecule has 5 N–H and O–H groups in total. The van der Waals surface area contributed by atoms with Crippen molar-refractivity contribution in [2.45, 2.75) is 31.3 Å². The van der Waals surface area contributed by atoms with Gasteiger partial charge in [-0.3, -0.25) is 9.59 Å². The Bertz CT molecular complexity index is 938. The highest BCUT2D eigenvalue weighted by Gasteiger charge is 2.34.